The van der Waals surface area contributed by atoms with E-state index in [9.17, 15) is 0 Å². The van der Waals surface area contributed by atoms with Gasteiger partial charge in [-0.3, -0.25) is 4.90 Å². The Morgan fingerprint density at radius 1 is 1.38 bits per heavy atom. The van der Waals surface area contributed by atoms with Crippen LogP contribution < -0.4 is 5.32 Å². The molecule has 114 valence electrons. The van der Waals surface area contributed by atoms with Crippen LogP contribution in [0.1, 0.15) is 36.9 Å². The van der Waals surface area contributed by atoms with E-state index in [2.05, 4.69) is 42.3 Å². The minimum atomic E-state index is 0.209. The van der Waals surface area contributed by atoms with Crippen molar-refractivity contribution in [2.45, 2.75) is 33.0 Å². The zero-order chi connectivity index (χ0) is 15.2. The van der Waals surface area contributed by atoms with Gasteiger partial charge in [-0.15, -0.1) is 0 Å². The molecule has 1 unspecified atom stereocenters. The summed E-state index contributed by atoms with van der Waals surface area (Å²) in [5.74, 6) is 0.865. The third-order valence-corrected chi connectivity index (χ3v) is 3.93. The fourth-order valence-electron chi connectivity index (χ4n) is 2.20. The highest BCUT2D eigenvalue weighted by molar-refractivity contribution is 6.31. The number of benzene rings is 1. The molecule has 0 bridgehead atoms. The maximum Gasteiger partial charge on any atom is 0.151 e. The average Bonchev–Trinajstić information content (AvgIpc) is 2.92. The van der Waals surface area contributed by atoms with Crippen LogP contribution in [0.15, 0.2) is 34.9 Å². The second-order valence-electron chi connectivity index (χ2n) is 5.18. The van der Waals surface area contributed by atoms with Crippen molar-refractivity contribution in [2.24, 2.45) is 0 Å². The number of rotatable bonds is 7. The highest BCUT2D eigenvalue weighted by Crippen LogP contribution is 2.27. The number of halogens is 1. The molecule has 0 radical (unpaired) electrons. The highest BCUT2D eigenvalue weighted by atomic mass is 35.5. The molecule has 4 nitrogen and oxygen atoms in total. The molecule has 5 heteroatoms. The van der Waals surface area contributed by atoms with Gasteiger partial charge < -0.3 is 9.84 Å². The van der Waals surface area contributed by atoms with Crippen molar-refractivity contribution < 1.29 is 4.52 Å². The summed E-state index contributed by atoms with van der Waals surface area (Å²) in [7, 11) is 2.06. The van der Waals surface area contributed by atoms with E-state index in [1.54, 1.807) is 0 Å². The van der Waals surface area contributed by atoms with E-state index in [1.165, 1.54) is 0 Å². The monoisotopic (exact) mass is 307 g/mol. The molecule has 0 amide bonds. The molecule has 0 aliphatic heterocycles. The molecule has 0 aliphatic carbocycles. The molecule has 21 heavy (non-hydrogen) atoms. The van der Waals surface area contributed by atoms with Crippen molar-refractivity contribution in [1.29, 1.82) is 0 Å². The summed E-state index contributed by atoms with van der Waals surface area (Å²) in [6.45, 7) is 6.57. The average molecular weight is 308 g/mol. The predicted octanol–water partition coefficient (Wildman–Crippen LogP) is 3.63. The van der Waals surface area contributed by atoms with Gasteiger partial charge in [-0.1, -0.05) is 41.9 Å². The summed E-state index contributed by atoms with van der Waals surface area (Å²) in [6, 6.07) is 10.1. The normalized spacial score (nSPS) is 12.8. The first-order valence-electron chi connectivity index (χ1n) is 7.21. The first-order chi connectivity index (χ1) is 10.1. The predicted molar refractivity (Wildman–Crippen MR) is 85.2 cm³/mol. The van der Waals surface area contributed by atoms with E-state index in [0.717, 1.165) is 35.1 Å². The zero-order valence-electron chi connectivity index (χ0n) is 12.8. The summed E-state index contributed by atoms with van der Waals surface area (Å²) in [4.78, 5) is 2.19. The summed E-state index contributed by atoms with van der Waals surface area (Å²) >= 11 is 6.26. The third-order valence-electron chi connectivity index (χ3n) is 3.59. The van der Waals surface area contributed by atoms with Gasteiger partial charge in [0.15, 0.2) is 5.76 Å². The van der Waals surface area contributed by atoms with Crippen LogP contribution in [-0.4, -0.2) is 23.6 Å². The van der Waals surface area contributed by atoms with Crippen molar-refractivity contribution in [1.82, 2.24) is 15.4 Å². The quantitative estimate of drug-likeness (QED) is 0.848. The van der Waals surface area contributed by atoms with Crippen LogP contribution in [0.2, 0.25) is 5.02 Å². The van der Waals surface area contributed by atoms with Crippen molar-refractivity contribution in [3.05, 3.63) is 52.4 Å². The SMILES string of the molecule is CCNCc1cc(CN(C)C(C)c2ccccc2Cl)on1. The number of aromatic nitrogens is 1. The van der Waals surface area contributed by atoms with Crippen molar-refractivity contribution in [3.8, 4) is 0 Å². The Bertz CT molecular complexity index is 570. The largest absolute Gasteiger partial charge is 0.360 e. The van der Waals surface area contributed by atoms with E-state index in [0.29, 0.717) is 6.54 Å². The Kier molecular flexibility index (Phi) is 5.79. The molecule has 0 aliphatic rings. The molecule has 1 aromatic carbocycles. The number of nitrogens with zero attached hydrogens (tertiary/aromatic N) is 2. The van der Waals surface area contributed by atoms with Crippen LogP contribution in [0.3, 0.4) is 0 Å². The van der Waals surface area contributed by atoms with Gasteiger partial charge in [-0.25, -0.2) is 0 Å². The van der Waals surface area contributed by atoms with Gasteiger partial charge in [-0.05, 0) is 32.1 Å². The number of nitrogens with one attached hydrogen (secondary N) is 1. The number of hydrogen-bond donors (Lipinski definition) is 1. The first-order valence-corrected chi connectivity index (χ1v) is 7.59. The second kappa shape index (κ2) is 7.59. The smallest absolute Gasteiger partial charge is 0.151 e. The van der Waals surface area contributed by atoms with E-state index in [4.69, 9.17) is 16.1 Å². The number of hydrogen-bond acceptors (Lipinski definition) is 4. The lowest BCUT2D eigenvalue weighted by molar-refractivity contribution is 0.220. The molecule has 2 rings (SSSR count). The molecule has 1 N–H and O–H groups in total. The van der Waals surface area contributed by atoms with Crippen molar-refractivity contribution in [3.63, 3.8) is 0 Å². The molecule has 1 heterocycles. The second-order valence-corrected chi connectivity index (χ2v) is 5.58. The van der Waals surface area contributed by atoms with Gasteiger partial charge in [-0.2, -0.15) is 0 Å². The molecule has 0 saturated carbocycles. The molecule has 0 saturated heterocycles. The van der Waals surface area contributed by atoms with E-state index in [-0.39, 0.29) is 6.04 Å². The van der Waals surface area contributed by atoms with Gasteiger partial charge in [0.05, 0.1) is 12.2 Å². The van der Waals surface area contributed by atoms with Crippen LogP contribution in [0.4, 0.5) is 0 Å². The van der Waals surface area contributed by atoms with Crippen LogP contribution in [0.25, 0.3) is 0 Å². The van der Waals surface area contributed by atoms with Gasteiger partial charge >= 0.3 is 0 Å². The lowest BCUT2D eigenvalue weighted by Gasteiger charge is -2.24. The van der Waals surface area contributed by atoms with Gasteiger partial charge in [0.2, 0.25) is 0 Å². The highest BCUT2D eigenvalue weighted by Gasteiger charge is 2.16. The van der Waals surface area contributed by atoms with Gasteiger partial charge in [0, 0.05) is 23.7 Å². The molecule has 0 spiro atoms. The van der Waals surface area contributed by atoms with Gasteiger partial charge in [0.25, 0.3) is 0 Å². The minimum absolute atomic E-state index is 0.209. The van der Waals surface area contributed by atoms with E-state index < -0.39 is 0 Å². The minimum Gasteiger partial charge on any atom is -0.360 e. The van der Waals surface area contributed by atoms with Crippen LogP contribution >= 0.6 is 11.6 Å². The molecular formula is C16H22ClN3O. The molecule has 0 fully saturated rings. The summed E-state index contributed by atoms with van der Waals surface area (Å²) in [5.41, 5.74) is 2.06. The summed E-state index contributed by atoms with van der Waals surface area (Å²) in [5, 5.41) is 8.09. The fraction of sp³-hybridized carbons (Fsp3) is 0.438. The summed E-state index contributed by atoms with van der Waals surface area (Å²) in [6.07, 6.45) is 0. The Morgan fingerprint density at radius 2 is 2.14 bits per heavy atom. The van der Waals surface area contributed by atoms with Crippen LogP contribution in [-0.2, 0) is 13.1 Å². The Morgan fingerprint density at radius 3 is 2.86 bits per heavy atom. The maximum atomic E-state index is 6.26. The van der Waals surface area contributed by atoms with Crippen LogP contribution in [0.5, 0.6) is 0 Å². The Hall–Kier alpha value is -1.36. The van der Waals surface area contributed by atoms with Crippen molar-refractivity contribution in [2.75, 3.05) is 13.6 Å². The standard InChI is InChI=1S/C16H22ClN3O/c1-4-18-10-13-9-14(21-19-13)11-20(3)12(2)15-7-5-6-8-16(15)17/h5-9,12,18H,4,10-11H2,1-3H3. The van der Waals surface area contributed by atoms with E-state index >= 15 is 0 Å². The third kappa shape index (κ3) is 4.30. The lowest BCUT2D eigenvalue weighted by atomic mass is 10.1. The molecule has 1 aromatic heterocycles. The van der Waals surface area contributed by atoms with Gasteiger partial charge in [0.1, 0.15) is 0 Å². The van der Waals surface area contributed by atoms with Crippen LogP contribution in [0, 0.1) is 0 Å². The van der Waals surface area contributed by atoms with Crippen molar-refractivity contribution >= 4 is 11.6 Å². The summed E-state index contributed by atoms with van der Waals surface area (Å²) < 4.78 is 5.38. The zero-order valence-corrected chi connectivity index (χ0v) is 13.5. The fourth-order valence-corrected chi connectivity index (χ4v) is 2.49. The maximum absolute atomic E-state index is 6.26. The topological polar surface area (TPSA) is 41.3 Å². The molecule has 2 aromatic rings. The first kappa shape index (κ1) is 16.0. The van der Waals surface area contributed by atoms with E-state index in [1.807, 2.05) is 24.3 Å². The Balaban J connectivity index is 1.99. The Labute approximate surface area is 131 Å². The molecular weight excluding hydrogens is 286 g/mol. The lowest BCUT2D eigenvalue weighted by Crippen LogP contribution is -2.22. The molecule has 1 atom stereocenters.